The van der Waals surface area contributed by atoms with E-state index in [1.54, 1.807) is 45.0 Å². The van der Waals surface area contributed by atoms with Crippen molar-refractivity contribution in [2.45, 2.75) is 26.4 Å². The zero-order valence-corrected chi connectivity index (χ0v) is 10.2. The molecule has 0 aliphatic rings. The van der Waals surface area contributed by atoms with E-state index in [1.165, 1.54) is 0 Å². The monoisotopic (exact) mass is 243 g/mol. The van der Waals surface area contributed by atoms with Crippen molar-refractivity contribution in [3.8, 4) is 5.75 Å². The lowest BCUT2D eigenvalue weighted by atomic mass is 10.2. The maximum Gasteiger partial charge on any atom is 0.441 e. The molecule has 16 heavy (non-hydrogen) atoms. The molecule has 0 atom stereocenters. The number of hydroxylamine groups is 1. The first-order valence-corrected chi connectivity index (χ1v) is 5.16. The molecular formula is C11H14ClNO3. The van der Waals surface area contributed by atoms with Gasteiger partial charge in [0.2, 0.25) is 0 Å². The number of amides is 1. The first-order chi connectivity index (χ1) is 7.37. The number of hydrogen-bond donors (Lipinski definition) is 1. The van der Waals surface area contributed by atoms with E-state index in [9.17, 15) is 4.79 Å². The summed E-state index contributed by atoms with van der Waals surface area (Å²) in [4.78, 5) is 16.2. The second-order valence-corrected chi connectivity index (χ2v) is 4.60. The number of carbonyl (C=O) groups is 1. The van der Waals surface area contributed by atoms with Crippen LogP contribution in [0, 0.1) is 0 Å². The van der Waals surface area contributed by atoms with E-state index in [2.05, 4.69) is 5.48 Å². The molecule has 1 rings (SSSR count). The van der Waals surface area contributed by atoms with Crippen LogP contribution in [0.5, 0.6) is 5.75 Å². The van der Waals surface area contributed by atoms with Gasteiger partial charge >= 0.3 is 6.09 Å². The molecule has 0 spiro atoms. The first-order valence-electron chi connectivity index (χ1n) is 4.78. The van der Waals surface area contributed by atoms with Crippen molar-refractivity contribution in [3.05, 3.63) is 29.3 Å². The van der Waals surface area contributed by atoms with Crippen molar-refractivity contribution in [2.75, 3.05) is 0 Å². The Balaban J connectivity index is 2.40. The van der Waals surface area contributed by atoms with Crippen LogP contribution in [-0.4, -0.2) is 11.7 Å². The Morgan fingerprint density at radius 3 is 2.31 bits per heavy atom. The molecule has 0 fully saturated rings. The van der Waals surface area contributed by atoms with Crippen LogP contribution in [0.1, 0.15) is 20.8 Å². The smallest absolute Gasteiger partial charge is 0.441 e. The molecule has 0 saturated carbocycles. The molecule has 4 nitrogen and oxygen atoms in total. The average Bonchev–Trinajstić information content (AvgIpc) is 2.14. The van der Waals surface area contributed by atoms with Gasteiger partial charge in [-0.1, -0.05) is 11.6 Å². The van der Waals surface area contributed by atoms with Crippen molar-refractivity contribution in [2.24, 2.45) is 0 Å². The molecule has 0 saturated heterocycles. The Morgan fingerprint density at radius 2 is 1.81 bits per heavy atom. The van der Waals surface area contributed by atoms with Crippen molar-refractivity contribution in [1.82, 2.24) is 5.48 Å². The van der Waals surface area contributed by atoms with Gasteiger partial charge in [-0.25, -0.2) is 4.79 Å². The van der Waals surface area contributed by atoms with Gasteiger partial charge in [-0.05, 0) is 45.0 Å². The summed E-state index contributed by atoms with van der Waals surface area (Å²) in [5, 5.41) is 0.601. The van der Waals surface area contributed by atoms with Crippen LogP contribution in [0.15, 0.2) is 24.3 Å². The van der Waals surface area contributed by atoms with Crippen LogP contribution >= 0.6 is 11.6 Å². The van der Waals surface area contributed by atoms with Crippen LogP contribution < -0.4 is 10.3 Å². The summed E-state index contributed by atoms with van der Waals surface area (Å²) in [5.74, 6) is 0.482. The summed E-state index contributed by atoms with van der Waals surface area (Å²) in [6.45, 7) is 5.32. The molecule has 0 radical (unpaired) electrons. The zero-order valence-electron chi connectivity index (χ0n) is 9.41. The summed E-state index contributed by atoms with van der Waals surface area (Å²) < 4.78 is 4.98. The summed E-state index contributed by atoms with van der Waals surface area (Å²) in [6.07, 6.45) is -0.637. The first kappa shape index (κ1) is 12.6. The van der Waals surface area contributed by atoms with E-state index in [4.69, 9.17) is 21.2 Å². The molecule has 0 bridgehead atoms. The number of benzene rings is 1. The molecule has 1 aromatic rings. The highest BCUT2D eigenvalue weighted by Crippen LogP contribution is 2.14. The standard InChI is InChI=1S/C11H14ClNO3/c1-11(2,3)15-10(14)13-16-9-6-4-8(12)5-7-9/h4-7H,1-3H3,(H,13,14). The molecule has 88 valence electrons. The predicted molar refractivity (Wildman–Crippen MR) is 61.4 cm³/mol. The van der Waals surface area contributed by atoms with E-state index in [0.29, 0.717) is 10.8 Å². The van der Waals surface area contributed by atoms with Crippen LogP contribution in [0.25, 0.3) is 0 Å². The van der Waals surface area contributed by atoms with Gasteiger partial charge in [0, 0.05) is 5.02 Å². The number of rotatable bonds is 2. The van der Waals surface area contributed by atoms with E-state index >= 15 is 0 Å². The Labute approximate surface area is 99.5 Å². The third-order valence-corrected chi connectivity index (χ3v) is 1.72. The van der Waals surface area contributed by atoms with Crippen molar-refractivity contribution in [1.29, 1.82) is 0 Å². The third-order valence-electron chi connectivity index (χ3n) is 1.46. The van der Waals surface area contributed by atoms with E-state index < -0.39 is 11.7 Å². The number of nitrogens with one attached hydrogen (secondary N) is 1. The highest BCUT2D eigenvalue weighted by molar-refractivity contribution is 6.30. The lowest BCUT2D eigenvalue weighted by molar-refractivity contribution is 0.0287. The minimum Gasteiger partial charge on any atom is -0.442 e. The topological polar surface area (TPSA) is 47.6 Å². The minimum atomic E-state index is -0.637. The van der Waals surface area contributed by atoms with Gasteiger partial charge in [-0.2, -0.15) is 5.48 Å². The quantitative estimate of drug-likeness (QED) is 0.812. The Morgan fingerprint density at radius 1 is 1.25 bits per heavy atom. The van der Waals surface area contributed by atoms with Crippen molar-refractivity contribution < 1.29 is 14.4 Å². The van der Waals surface area contributed by atoms with Gasteiger partial charge in [0.1, 0.15) is 5.60 Å². The van der Waals surface area contributed by atoms with Crippen LogP contribution in [0.4, 0.5) is 4.79 Å². The molecule has 0 aliphatic heterocycles. The zero-order chi connectivity index (χ0) is 12.2. The molecule has 1 amide bonds. The lowest BCUT2D eigenvalue weighted by Gasteiger charge is -2.19. The maximum absolute atomic E-state index is 11.2. The molecule has 5 heteroatoms. The fourth-order valence-electron chi connectivity index (χ4n) is 0.902. The number of hydrogen-bond acceptors (Lipinski definition) is 3. The second-order valence-electron chi connectivity index (χ2n) is 4.16. The van der Waals surface area contributed by atoms with Gasteiger partial charge in [0.15, 0.2) is 5.75 Å². The third kappa shape index (κ3) is 4.89. The highest BCUT2D eigenvalue weighted by Gasteiger charge is 2.16. The molecule has 0 heterocycles. The molecule has 0 aliphatic carbocycles. The largest absolute Gasteiger partial charge is 0.442 e. The summed E-state index contributed by atoms with van der Waals surface area (Å²) in [6, 6.07) is 6.60. The average molecular weight is 244 g/mol. The summed E-state index contributed by atoms with van der Waals surface area (Å²) in [7, 11) is 0. The van der Waals surface area contributed by atoms with Crippen LogP contribution in [-0.2, 0) is 4.74 Å². The molecule has 0 aromatic heterocycles. The number of halogens is 1. The van der Waals surface area contributed by atoms with Crippen LogP contribution in [0.2, 0.25) is 5.02 Å². The normalized spacial score (nSPS) is 10.8. The lowest BCUT2D eigenvalue weighted by Crippen LogP contribution is -2.34. The van der Waals surface area contributed by atoms with Crippen molar-refractivity contribution in [3.63, 3.8) is 0 Å². The Bertz CT molecular complexity index is 356. The Hall–Kier alpha value is -1.42. The maximum atomic E-state index is 11.2. The van der Waals surface area contributed by atoms with Crippen LogP contribution in [0.3, 0.4) is 0 Å². The molecule has 1 N–H and O–H groups in total. The van der Waals surface area contributed by atoms with E-state index in [-0.39, 0.29) is 0 Å². The number of carbonyl (C=O) groups excluding carboxylic acids is 1. The number of ether oxygens (including phenoxy) is 1. The fourth-order valence-corrected chi connectivity index (χ4v) is 1.03. The van der Waals surface area contributed by atoms with Crippen molar-refractivity contribution >= 4 is 17.7 Å². The van der Waals surface area contributed by atoms with Gasteiger partial charge in [-0.15, -0.1) is 0 Å². The highest BCUT2D eigenvalue weighted by atomic mass is 35.5. The van der Waals surface area contributed by atoms with Gasteiger partial charge in [0.05, 0.1) is 0 Å². The molecular weight excluding hydrogens is 230 g/mol. The van der Waals surface area contributed by atoms with Gasteiger partial charge in [-0.3, -0.25) is 0 Å². The summed E-state index contributed by atoms with van der Waals surface area (Å²) in [5.41, 5.74) is 1.62. The van der Waals surface area contributed by atoms with E-state index in [1.807, 2.05) is 0 Å². The van der Waals surface area contributed by atoms with Gasteiger partial charge < -0.3 is 9.57 Å². The predicted octanol–water partition coefficient (Wildman–Crippen LogP) is 3.16. The molecule has 1 aromatic carbocycles. The van der Waals surface area contributed by atoms with Gasteiger partial charge in [0.25, 0.3) is 0 Å². The Kier molecular flexibility index (Phi) is 4.01. The minimum absolute atomic E-state index is 0.482. The summed E-state index contributed by atoms with van der Waals surface area (Å²) >= 11 is 5.69. The van der Waals surface area contributed by atoms with E-state index in [0.717, 1.165) is 0 Å². The second kappa shape index (κ2) is 5.07. The molecule has 0 unspecified atom stereocenters. The SMILES string of the molecule is CC(C)(C)OC(=O)NOc1ccc(Cl)cc1. The fraction of sp³-hybridized carbons (Fsp3) is 0.364.